The number of rotatable bonds is 6. The van der Waals surface area contributed by atoms with Gasteiger partial charge in [-0.3, -0.25) is 4.79 Å². The average Bonchev–Trinajstić information content (AvgIpc) is 3.06. The third kappa shape index (κ3) is 4.69. The van der Waals surface area contributed by atoms with Crippen LogP contribution in [0.3, 0.4) is 0 Å². The number of aromatic nitrogens is 1. The van der Waals surface area contributed by atoms with Crippen molar-refractivity contribution in [2.24, 2.45) is 0 Å². The molecule has 24 heavy (non-hydrogen) atoms. The molecular weight excluding hydrogens is 336 g/mol. The molecule has 3 rings (SSSR count). The highest BCUT2D eigenvalue weighted by Gasteiger charge is 2.05. The maximum atomic E-state index is 11.9. The summed E-state index contributed by atoms with van der Waals surface area (Å²) in [5.41, 5.74) is 3.25. The summed E-state index contributed by atoms with van der Waals surface area (Å²) in [5, 5.41) is 6.04. The van der Waals surface area contributed by atoms with Crippen molar-refractivity contribution in [3.63, 3.8) is 0 Å². The Morgan fingerprint density at radius 2 is 1.88 bits per heavy atom. The number of benzene rings is 2. The molecule has 122 valence electrons. The summed E-state index contributed by atoms with van der Waals surface area (Å²) >= 11 is 3.19. The quantitative estimate of drug-likeness (QED) is 0.662. The Kier molecular flexibility index (Phi) is 5.67. The van der Waals surface area contributed by atoms with Crippen LogP contribution in [0.25, 0.3) is 10.6 Å². The summed E-state index contributed by atoms with van der Waals surface area (Å²) in [6.07, 6.45) is 0. The minimum absolute atomic E-state index is 0.0449. The second-order valence-corrected chi connectivity index (χ2v) is 7.28. The average molecular weight is 354 g/mol. The van der Waals surface area contributed by atoms with Crippen LogP contribution < -0.4 is 5.32 Å². The molecule has 1 aromatic heterocycles. The first kappa shape index (κ1) is 16.7. The van der Waals surface area contributed by atoms with E-state index in [1.807, 2.05) is 54.8 Å². The van der Waals surface area contributed by atoms with E-state index in [1.54, 1.807) is 23.1 Å². The predicted molar refractivity (Wildman–Crippen MR) is 101 cm³/mol. The minimum Gasteiger partial charge on any atom is -0.351 e. The molecule has 3 nitrogen and oxygen atoms in total. The van der Waals surface area contributed by atoms with Crippen LogP contribution in [-0.2, 0) is 11.3 Å². The molecule has 1 heterocycles. The molecule has 0 saturated carbocycles. The molecule has 5 heteroatoms. The Bertz CT molecular complexity index is 798. The fraction of sp³-hybridized carbons (Fsp3) is 0.158. The first-order valence-corrected chi connectivity index (χ1v) is 9.53. The fourth-order valence-corrected chi connectivity index (χ4v) is 3.72. The number of carbonyl (C=O) groups excluding carboxylic acids is 1. The lowest BCUT2D eigenvalue weighted by atomic mass is 10.1. The van der Waals surface area contributed by atoms with E-state index in [2.05, 4.69) is 22.4 Å². The maximum Gasteiger partial charge on any atom is 0.230 e. The van der Waals surface area contributed by atoms with E-state index in [0.29, 0.717) is 12.3 Å². The van der Waals surface area contributed by atoms with Gasteiger partial charge in [0.1, 0.15) is 5.01 Å². The van der Waals surface area contributed by atoms with E-state index in [0.717, 1.165) is 26.7 Å². The number of aryl methyl sites for hydroxylation is 1. The van der Waals surface area contributed by atoms with E-state index < -0.39 is 0 Å². The number of nitrogens with one attached hydrogen (secondary N) is 1. The molecule has 0 atom stereocenters. The molecule has 2 aromatic carbocycles. The molecular formula is C19H18N2OS2. The maximum absolute atomic E-state index is 11.9. The van der Waals surface area contributed by atoms with Gasteiger partial charge in [0.05, 0.1) is 5.75 Å². The molecule has 1 N–H and O–H groups in total. The normalized spacial score (nSPS) is 10.5. The second-order valence-electron chi connectivity index (χ2n) is 5.37. The van der Waals surface area contributed by atoms with E-state index in [1.165, 1.54) is 0 Å². The van der Waals surface area contributed by atoms with Crippen LogP contribution in [0.5, 0.6) is 0 Å². The molecule has 0 unspecified atom stereocenters. The van der Waals surface area contributed by atoms with E-state index in [-0.39, 0.29) is 5.91 Å². The Morgan fingerprint density at radius 3 is 2.54 bits per heavy atom. The number of amides is 1. The van der Waals surface area contributed by atoms with Gasteiger partial charge < -0.3 is 5.32 Å². The van der Waals surface area contributed by atoms with Crippen LogP contribution in [0.4, 0.5) is 0 Å². The van der Waals surface area contributed by atoms with Crippen LogP contribution in [-0.4, -0.2) is 16.6 Å². The predicted octanol–water partition coefficient (Wildman–Crippen LogP) is 4.53. The first-order valence-electron chi connectivity index (χ1n) is 7.67. The molecule has 3 aromatic rings. The van der Waals surface area contributed by atoms with Crippen molar-refractivity contribution >= 4 is 29.0 Å². The van der Waals surface area contributed by atoms with Crippen molar-refractivity contribution < 1.29 is 4.79 Å². The molecule has 0 aliphatic rings. The molecule has 0 bridgehead atoms. The number of thioether (sulfide) groups is 1. The lowest BCUT2D eigenvalue weighted by Gasteiger charge is -2.06. The van der Waals surface area contributed by atoms with Crippen molar-refractivity contribution in [2.75, 3.05) is 5.75 Å². The van der Waals surface area contributed by atoms with Crippen molar-refractivity contribution in [1.29, 1.82) is 0 Å². The third-order valence-electron chi connectivity index (χ3n) is 3.42. The van der Waals surface area contributed by atoms with Gasteiger partial charge >= 0.3 is 0 Å². The lowest BCUT2D eigenvalue weighted by molar-refractivity contribution is -0.118. The van der Waals surface area contributed by atoms with Gasteiger partial charge in [0.25, 0.3) is 0 Å². The van der Waals surface area contributed by atoms with Crippen LogP contribution in [0, 0.1) is 6.92 Å². The van der Waals surface area contributed by atoms with Gasteiger partial charge in [-0.25, -0.2) is 4.98 Å². The Morgan fingerprint density at radius 1 is 1.12 bits per heavy atom. The minimum atomic E-state index is 0.0449. The van der Waals surface area contributed by atoms with Gasteiger partial charge in [0, 0.05) is 28.1 Å². The summed E-state index contributed by atoms with van der Waals surface area (Å²) in [7, 11) is 0. The molecule has 1 amide bonds. The van der Waals surface area contributed by atoms with Gasteiger partial charge in [-0.15, -0.1) is 23.1 Å². The van der Waals surface area contributed by atoms with Crippen molar-refractivity contribution in [3.8, 4) is 10.6 Å². The van der Waals surface area contributed by atoms with Gasteiger partial charge in [-0.2, -0.15) is 0 Å². The number of thiazole rings is 1. The number of hydrogen-bond acceptors (Lipinski definition) is 4. The summed E-state index contributed by atoms with van der Waals surface area (Å²) < 4.78 is 0. The van der Waals surface area contributed by atoms with Crippen LogP contribution in [0.1, 0.15) is 11.3 Å². The van der Waals surface area contributed by atoms with Gasteiger partial charge in [-0.1, -0.05) is 42.5 Å². The topological polar surface area (TPSA) is 42.0 Å². The summed E-state index contributed by atoms with van der Waals surface area (Å²) in [6.45, 7) is 2.54. The highest BCUT2D eigenvalue weighted by molar-refractivity contribution is 8.00. The van der Waals surface area contributed by atoms with Gasteiger partial charge in [0.2, 0.25) is 5.91 Å². The zero-order valence-electron chi connectivity index (χ0n) is 13.4. The second kappa shape index (κ2) is 8.13. The van der Waals surface area contributed by atoms with Gasteiger partial charge in [-0.05, 0) is 24.6 Å². The van der Waals surface area contributed by atoms with Crippen molar-refractivity contribution in [1.82, 2.24) is 10.3 Å². The van der Waals surface area contributed by atoms with Gasteiger partial charge in [0.15, 0.2) is 0 Å². The molecule has 0 saturated heterocycles. The largest absolute Gasteiger partial charge is 0.351 e. The molecule has 0 aliphatic heterocycles. The number of hydrogen-bond donors (Lipinski definition) is 1. The SMILES string of the molecule is Cc1csc(-c2ccc(CNC(=O)CSc3ccccc3)cc2)n1. The molecule has 0 fully saturated rings. The van der Waals surface area contributed by atoms with Crippen LogP contribution in [0.2, 0.25) is 0 Å². The highest BCUT2D eigenvalue weighted by Crippen LogP contribution is 2.23. The Hall–Kier alpha value is -2.11. The molecule has 0 radical (unpaired) electrons. The highest BCUT2D eigenvalue weighted by atomic mass is 32.2. The number of nitrogens with zero attached hydrogens (tertiary/aromatic N) is 1. The van der Waals surface area contributed by atoms with Crippen LogP contribution >= 0.6 is 23.1 Å². The number of carbonyl (C=O) groups is 1. The zero-order chi connectivity index (χ0) is 16.8. The van der Waals surface area contributed by atoms with E-state index in [4.69, 9.17) is 0 Å². The van der Waals surface area contributed by atoms with Crippen molar-refractivity contribution in [2.45, 2.75) is 18.4 Å². The fourth-order valence-electron chi connectivity index (χ4n) is 2.17. The first-order chi connectivity index (χ1) is 11.7. The summed E-state index contributed by atoms with van der Waals surface area (Å²) in [4.78, 5) is 17.5. The van der Waals surface area contributed by atoms with Crippen molar-refractivity contribution in [3.05, 3.63) is 71.2 Å². The standard InChI is InChI=1S/C19H18N2OS2/c1-14-12-24-19(21-14)16-9-7-15(8-10-16)11-20-18(22)13-23-17-5-3-2-4-6-17/h2-10,12H,11,13H2,1H3,(H,20,22). The van der Waals surface area contributed by atoms with Crippen LogP contribution in [0.15, 0.2) is 64.9 Å². The Labute approximate surface area is 150 Å². The summed E-state index contributed by atoms with van der Waals surface area (Å²) in [6, 6.07) is 18.1. The smallest absolute Gasteiger partial charge is 0.230 e. The summed E-state index contributed by atoms with van der Waals surface area (Å²) in [5.74, 6) is 0.476. The Balaban J connectivity index is 1.48. The molecule has 0 spiro atoms. The van der Waals surface area contributed by atoms with E-state index in [9.17, 15) is 4.79 Å². The third-order valence-corrected chi connectivity index (χ3v) is 5.44. The van der Waals surface area contributed by atoms with E-state index >= 15 is 0 Å². The molecule has 0 aliphatic carbocycles. The monoisotopic (exact) mass is 354 g/mol. The zero-order valence-corrected chi connectivity index (χ0v) is 15.0. The lowest BCUT2D eigenvalue weighted by Crippen LogP contribution is -2.24.